The molecule has 0 aliphatic heterocycles. The monoisotopic (exact) mass is 348 g/mol. The molecule has 0 N–H and O–H groups in total. The predicted octanol–water partition coefficient (Wildman–Crippen LogP) is 2.49. The highest BCUT2D eigenvalue weighted by Gasteiger charge is 2.18. The lowest BCUT2D eigenvalue weighted by Gasteiger charge is -2.09. The van der Waals surface area contributed by atoms with Crippen LogP contribution in [0.2, 0.25) is 0 Å². The minimum absolute atomic E-state index is 0.00984. The number of para-hydroxylation sites is 1. The molecule has 0 radical (unpaired) electrons. The van der Waals surface area contributed by atoms with Gasteiger partial charge in [-0.15, -0.1) is 0 Å². The van der Waals surface area contributed by atoms with Crippen LogP contribution in [0.1, 0.15) is 27.6 Å². The Morgan fingerprint density at radius 2 is 1.71 bits per heavy atom. The lowest BCUT2D eigenvalue weighted by atomic mass is 10.2. The summed E-state index contributed by atoms with van der Waals surface area (Å²) in [6.07, 6.45) is 1.05. The highest BCUT2D eigenvalue weighted by molar-refractivity contribution is 7.90. The van der Waals surface area contributed by atoms with Gasteiger partial charge in [-0.25, -0.2) is 18.0 Å². The van der Waals surface area contributed by atoms with Gasteiger partial charge < -0.3 is 9.47 Å². The predicted molar refractivity (Wildman–Crippen MR) is 86.9 cm³/mol. The summed E-state index contributed by atoms with van der Waals surface area (Å²) >= 11 is 0. The summed E-state index contributed by atoms with van der Waals surface area (Å²) in [6.45, 7) is 1.86. The van der Waals surface area contributed by atoms with Crippen molar-refractivity contribution in [3.05, 3.63) is 59.7 Å². The first kappa shape index (κ1) is 17.7. The summed E-state index contributed by atoms with van der Waals surface area (Å²) in [5, 5.41) is 0. The second-order valence-corrected chi connectivity index (χ2v) is 6.92. The van der Waals surface area contributed by atoms with Crippen molar-refractivity contribution in [1.82, 2.24) is 0 Å². The molecule has 0 saturated carbocycles. The summed E-state index contributed by atoms with van der Waals surface area (Å²) in [6, 6.07) is 11.7. The van der Waals surface area contributed by atoms with Crippen LogP contribution in [0.3, 0.4) is 0 Å². The summed E-state index contributed by atoms with van der Waals surface area (Å²) in [5.74, 6) is -1.33. The Balaban J connectivity index is 2.30. The Labute approximate surface area is 139 Å². The first-order chi connectivity index (χ1) is 11.3. The molecule has 0 bridgehead atoms. The zero-order valence-corrected chi connectivity index (χ0v) is 14.0. The number of rotatable bonds is 5. The van der Waals surface area contributed by atoms with Crippen LogP contribution in [0.5, 0.6) is 5.75 Å². The number of ether oxygens (including phenoxy) is 2. The van der Waals surface area contributed by atoms with Gasteiger partial charge in [0.25, 0.3) is 0 Å². The van der Waals surface area contributed by atoms with Gasteiger partial charge >= 0.3 is 11.9 Å². The van der Waals surface area contributed by atoms with Crippen molar-refractivity contribution in [3.8, 4) is 5.75 Å². The lowest BCUT2D eigenvalue weighted by Crippen LogP contribution is -2.13. The Bertz CT molecular complexity index is 870. The van der Waals surface area contributed by atoms with E-state index in [2.05, 4.69) is 0 Å². The zero-order valence-electron chi connectivity index (χ0n) is 13.2. The van der Waals surface area contributed by atoms with E-state index in [1.54, 1.807) is 19.1 Å². The quantitative estimate of drug-likeness (QED) is 0.609. The molecular weight excluding hydrogens is 332 g/mol. The fourth-order valence-electron chi connectivity index (χ4n) is 1.95. The van der Waals surface area contributed by atoms with Crippen LogP contribution in [0.25, 0.3) is 0 Å². The fourth-order valence-corrected chi connectivity index (χ4v) is 2.61. The van der Waals surface area contributed by atoms with Crippen molar-refractivity contribution in [1.29, 1.82) is 0 Å². The van der Waals surface area contributed by atoms with E-state index < -0.39 is 21.8 Å². The second-order valence-electron chi connectivity index (χ2n) is 4.91. The maximum absolute atomic E-state index is 12.3. The number of sulfone groups is 1. The molecule has 0 fully saturated rings. The van der Waals surface area contributed by atoms with Gasteiger partial charge in [-0.2, -0.15) is 0 Å². The molecule has 0 saturated heterocycles. The Morgan fingerprint density at radius 3 is 2.38 bits per heavy atom. The third-order valence-corrected chi connectivity index (χ3v) is 4.19. The summed E-state index contributed by atoms with van der Waals surface area (Å²) in [4.78, 5) is 24.1. The SMILES string of the molecule is CCOC(=O)c1ccccc1OC(=O)c1cccc(S(C)(=O)=O)c1. The second kappa shape index (κ2) is 7.27. The van der Waals surface area contributed by atoms with Crippen LogP contribution in [0, 0.1) is 0 Å². The van der Waals surface area contributed by atoms with Gasteiger partial charge in [0.05, 0.1) is 17.1 Å². The summed E-state index contributed by atoms with van der Waals surface area (Å²) < 4.78 is 33.3. The van der Waals surface area contributed by atoms with Crippen LogP contribution in [0.4, 0.5) is 0 Å². The van der Waals surface area contributed by atoms with Gasteiger partial charge in [0.2, 0.25) is 0 Å². The largest absolute Gasteiger partial charge is 0.462 e. The molecule has 0 spiro atoms. The van der Waals surface area contributed by atoms with E-state index in [4.69, 9.17) is 9.47 Å². The van der Waals surface area contributed by atoms with Gasteiger partial charge in [0.15, 0.2) is 9.84 Å². The molecule has 0 aliphatic rings. The number of esters is 2. The van der Waals surface area contributed by atoms with E-state index in [1.807, 2.05) is 0 Å². The van der Waals surface area contributed by atoms with Crippen molar-refractivity contribution in [3.63, 3.8) is 0 Å². The topological polar surface area (TPSA) is 86.7 Å². The number of hydrogen-bond donors (Lipinski definition) is 0. The highest BCUT2D eigenvalue weighted by atomic mass is 32.2. The molecule has 2 aromatic rings. The molecule has 0 aliphatic carbocycles. The first-order valence-electron chi connectivity index (χ1n) is 7.11. The minimum Gasteiger partial charge on any atom is -0.462 e. The molecule has 0 amide bonds. The van der Waals surface area contributed by atoms with Gasteiger partial charge in [-0.3, -0.25) is 0 Å². The van der Waals surface area contributed by atoms with Crippen LogP contribution in [0.15, 0.2) is 53.4 Å². The third kappa shape index (κ3) is 4.20. The van der Waals surface area contributed by atoms with Gasteiger partial charge in [-0.05, 0) is 37.3 Å². The van der Waals surface area contributed by atoms with Crippen molar-refractivity contribution >= 4 is 21.8 Å². The van der Waals surface area contributed by atoms with Crippen LogP contribution in [-0.4, -0.2) is 33.2 Å². The molecule has 2 rings (SSSR count). The molecule has 126 valence electrons. The van der Waals surface area contributed by atoms with E-state index in [0.717, 1.165) is 6.26 Å². The van der Waals surface area contributed by atoms with Crippen LogP contribution < -0.4 is 4.74 Å². The number of hydrogen-bond acceptors (Lipinski definition) is 6. The molecule has 0 aromatic heterocycles. The standard InChI is InChI=1S/C17H16O6S/c1-3-22-17(19)14-9-4-5-10-15(14)23-16(18)12-7-6-8-13(11-12)24(2,20)21/h4-11H,3H2,1-2H3. The molecule has 0 heterocycles. The van der Waals surface area contributed by atoms with Crippen molar-refractivity contribution in [2.24, 2.45) is 0 Å². The molecule has 0 unspecified atom stereocenters. The maximum Gasteiger partial charge on any atom is 0.343 e. The lowest BCUT2D eigenvalue weighted by molar-refractivity contribution is 0.0520. The minimum atomic E-state index is -3.44. The molecule has 2 aromatic carbocycles. The van der Waals surface area contributed by atoms with E-state index in [-0.39, 0.29) is 28.4 Å². The van der Waals surface area contributed by atoms with Crippen molar-refractivity contribution < 1.29 is 27.5 Å². The highest BCUT2D eigenvalue weighted by Crippen LogP contribution is 2.21. The fraction of sp³-hybridized carbons (Fsp3) is 0.176. The van der Waals surface area contributed by atoms with Crippen LogP contribution in [-0.2, 0) is 14.6 Å². The molecule has 6 nitrogen and oxygen atoms in total. The number of benzene rings is 2. The average Bonchev–Trinajstić information content (AvgIpc) is 2.55. The molecule has 0 atom stereocenters. The Kier molecular flexibility index (Phi) is 5.35. The van der Waals surface area contributed by atoms with Gasteiger partial charge in [-0.1, -0.05) is 18.2 Å². The number of carbonyl (C=O) groups is 2. The van der Waals surface area contributed by atoms with Crippen molar-refractivity contribution in [2.75, 3.05) is 12.9 Å². The van der Waals surface area contributed by atoms with Gasteiger partial charge in [0, 0.05) is 6.26 Å². The van der Waals surface area contributed by atoms with Crippen LogP contribution >= 0.6 is 0 Å². The smallest absolute Gasteiger partial charge is 0.343 e. The van der Waals surface area contributed by atoms with E-state index in [1.165, 1.54) is 36.4 Å². The first-order valence-corrected chi connectivity index (χ1v) is 9.00. The molecular formula is C17H16O6S. The summed E-state index contributed by atoms with van der Waals surface area (Å²) in [5.41, 5.74) is 0.184. The Morgan fingerprint density at radius 1 is 1.00 bits per heavy atom. The zero-order chi connectivity index (χ0) is 17.7. The van der Waals surface area contributed by atoms with Crippen molar-refractivity contribution in [2.45, 2.75) is 11.8 Å². The normalized spacial score (nSPS) is 10.9. The average molecular weight is 348 g/mol. The number of carbonyl (C=O) groups excluding carboxylic acids is 2. The Hall–Kier alpha value is -2.67. The summed E-state index contributed by atoms with van der Waals surface area (Å²) in [7, 11) is -3.44. The van der Waals surface area contributed by atoms with Gasteiger partial charge in [0.1, 0.15) is 11.3 Å². The van der Waals surface area contributed by atoms with E-state index in [9.17, 15) is 18.0 Å². The van der Waals surface area contributed by atoms with E-state index in [0.29, 0.717) is 0 Å². The van der Waals surface area contributed by atoms with E-state index >= 15 is 0 Å². The molecule has 7 heteroatoms. The molecule has 24 heavy (non-hydrogen) atoms. The maximum atomic E-state index is 12.3. The third-order valence-electron chi connectivity index (χ3n) is 3.08.